The first-order chi connectivity index (χ1) is 8.84. The zero-order valence-corrected chi connectivity index (χ0v) is 13.0. The van der Waals surface area contributed by atoms with E-state index in [1.54, 1.807) is 0 Å². The van der Waals surface area contributed by atoms with Gasteiger partial charge >= 0.3 is 0 Å². The van der Waals surface area contributed by atoms with E-state index in [9.17, 15) is 0 Å². The van der Waals surface area contributed by atoms with Crippen molar-refractivity contribution < 1.29 is 4.74 Å². The molecule has 0 fully saturated rings. The number of nitrogens with one attached hydrogen (secondary N) is 1. The third-order valence-corrected chi connectivity index (χ3v) is 2.79. The van der Waals surface area contributed by atoms with Crippen LogP contribution in [0.25, 0.3) is 0 Å². The van der Waals surface area contributed by atoms with Crippen LogP contribution in [0.4, 0.5) is 0 Å². The van der Waals surface area contributed by atoms with Crippen LogP contribution in [0, 0.1) is 5.41 Å². The molecule has 1 heterocycles. The number of aromatic nitrogens is 2. The Labute approximate surface area is 117 Å². The van der Waals surface area contributed by atoms with Crippen molar-refractivity contribution in [3.8, 4) is 0 Å². The summed E-state index contributed by atoms with van der Waals surface area (Å²) in [5.74, 6) is 0.766. The van der Waals surface area contributed by atoms with E-state index in [0.29, 0.717) is 12.6 Å². The van der Waals surface area contributed by atoms with Crippen molar-refractivity contribution in [2.75, 3.05) is 6.61 Å². The molecule has 0 aliphatic rings. The molecule has 1 unspecified atom stereocenters. The van der Waals surface area contributed by atoms with Gasteiger partial charge < -0.3 is 10.1 Å². The molecule has 0 saturated heterocycles. The van der Waals surface area contributed by atoms with E-state index >= 15 is 0 Å². The highest BCUT2D eigenvalue weighted by atomic mass is 16.5. The van der Waals surface area contributed by atoms with Crippen LogP contribution in [0.5, 0.6) is 0 Å². The lowest BCUT2D eigenvalue weighted by Crippen LogP contribution is -2.24. The second-order valence-corrected chi connectivity index (χ2v) is 6.19. The Bertz CT molecular complexity index is 368. The van der Waals surface area contributed by atoms with E-state index in [1.165, 1.54) is 0 Å². The third-order valence-electron chi connectivity index (χ3n) is 2.79. The summed E-state index contributed by atoms with van der Waals surface area (Å²) in [6.45, 7) is 14.1. The van der Waals surface area contributed by atoms with Gasteiger partial charge in [-0.2, -0.15) is 0 Å². The van der Waals surface area contributed by atoms with Gasteiger partial charge in [0.2, 0.25) is 0 Å². The number of hydrogen-bond donors (Lipinski definition) is 1. The lowest BCUT2D eigenvalue weighted by atomic mass is 9.88. The number of nitrogens with zero attached hydrogens (tertiary/aromatic N) is 2. The summed E-state index contributed by atoms with van der Waals surface area (Å²) in [6, 6.07) is 0.463. The second-order valence-electron chi connectivity index (χ2n) is 6.19. The molecule has 1 N–H and O–H groups in total. The minimum absolute atomic E-state index is 0.00624. The maximum Gasteiger partial charge on any atom is 0.157 e. The van der Waals surface area contributed by atoms with Gasteiger partial charge in [0.05, 0.1) is 0 Å². The fourth-order valence-corrected chi connectivity index (χ4v) is 1.79. The average Bonchev–Trinajstić information content (AvgIpc) is 2.33. The average molecular weight is 265 g/mol. The van der Waals surface area contributed by atoms with Gasteiger partial charge in [-0.05, 0) is 12.3 Å². The van der Waals surface area contributed by atoms with Gasteiger partial charge in [0.25, 0.3) is 0 Å². The first-order valence-corrected chi connectivity index (χ1v) is 7.00. The summed E-state index contributed by atoms with van der Waals surface area (Å²) >= 11 is 0. The van der Waals surface area contributed by atoms with Crippen LogP contribution in [-0.4, -0.2) is 22.6 Å². The van der Waals surface area contributed by atoms with E-state index in [-0.39, 0.29) is 11.5 Å². The Morgan fingerprint density at radius 1 is 1.21 bits per heavy atom. The van der Waals surface area contributed by atoms with Crippen LogP contribution in [0.1, 0.15) is 59.0 Å². The molecular formula is C15H27N3O. The zero-order valence-electron chi connectivity index (χ0n) is 13.0. The monoisotopic (exact) mass is 265 g/mol. The zero-order chi connectivity index (χ0) is 14.5. The van der Waals surface area contributed by atoms with Crippen molar-refractivity contribution in [2.24, 2.45) is 5.41 Å². The molecule has 1 aromatic rings. The SMILES string of the molecule is CCOC(c1ncc(CNC(C)C)cn1)C(C)(C)C. The molecule has 0 amide bonds. The highest BCUT2D eigenvalue weighted by Crippen LogP contribution is 2.33. The third kappa shape index (κ3) is 5.25. The fourth-order valence-electron chi connectivity index (χ4n) is 1.79. The standard InChI is InChI=1S/C15H27N3O/c1-7-19-13(15(4,5)6)14-17-9-12(10-18-14)8-16-11(2)3/h9-11,13,16H,7-8H2,1-6H3. The highest BCUT2D eigenvalue weighted by molar-refractivity contribution is 5.07. The molecule has 0 aliphatic carbocycles. The quantitative estimate of drug-likeness (QED) is 0.858. The first-order valence-electron chi connectivity index (χ1n) is 7.00. The maximum atomic E-state index is 5.79. The van der Waals surface area contributed by atoms with Gasteiger partial charge in [0.1, 0.15) is 6.10 Å². The van der Waals surface area contributed by atoms with Gasteiger partial charge in [-0.15, -0.1) is 0 Å². The largest absolute Gasteiger partial charge is 0.370 e. The van der Waals surface area contributed by atoms with Gasteiger partial charge in [0.15, 0.2) is 5.82 Å². The molecule has 0 spiro atoms. The number of hydrogen-bond acceptors (Lipinski definition) is 4. The Morgan fingerprint density at radius 2 is 1.79 bits per heavy atom. The van der Waals surface area contributed by atoms with Gasteiger partial charge in [-0.3, -0.25) is 0 Å². The van der Waals surface area contributed by atoms with E-state index in [4.69, 9.17) is 4.74 Å². The Morgan fingerprint density at radius 3 is 2.21 bits per heavy atom. The van der Waals surface area contributed by atoms with Crippen molar-refractivity contribution in [2.45, 2.75) is 60.2 Å². The summed E-state index contributed by atoms with van der Waals surface area (Å²) in [5, 5.41) is 3.35. The van der Waals surface area contributed by atoms with Crippen LogP contribution in [0.15, 0.2) is 12.4 Å². The van der Waals surface area contributed by atoms with Crippen molar-refractivity contribution in [3.05, 3.63) is 23.8 Å². The van der Waals surface area contributed by atoms with Crippen LogP contribution in [0.2, 0.25) is 0 Å². The summed E-state index contributed by atoms with van der Waals surface area (Å²) in [5.41, 5.74) is 1.09. The smallest absolute Gasteiger partial charge is 0.157 e. The predicted molar refractivity (Wildman–Crippen MR) is 77.8 cm³/mol. The van der Waals surface area contributed by atoms with Crippen LogP contribution in [-0.2, 0) is 11.3 Å². The molecule has 0 bridgehead atoms. The van der Waals surface area contributed by atoms with Crippen LogP contribution in [0.3, 0.4) is 0 Å². The molecule has 4 nitrogen and oxygen atoms in total. The van der Waals surface area contributed by atoms with Gasteiger partial charge in [-0.1, -0.05) is 34.6 Å². The predicted octanol–water partition coefficient (Wildman–Crippen LogP) is 3.10. The molecule has 108 valence electrons. The Balaban J connectivity index is 2.78. The van der Waals surface area contributed by atoms with E-state index in [2.05, 4.69) is 49.9 Å². The molecule has 1 aromatic heterocycles. The van der Waals surface area contributed by atoms with Crippen molar-refractivity contribution in [1.29, 1.82) is 0 Å². The summed E-state index contributed by atoms with van der Waals surface area (Å²) in [6.07, 6.45) is 3.70. The fraction of sp³-hybridized carbons (Fsp3) is 0.733. The minimum Gasteiger partial charge on any atom is -0.370 e. The summed E-state index contributed by atoms with van der Waals surface area (Å²) in [4.78, 5) is 8.93. The molecule has 19 heavy (non-hydrogen) atoms. The molecule has 1 rings (SSSR count). The summed E-state index contributed by atoms with van der Waals surface area (Å²) < 4.78 is 5.79. The molecular weight excluding hydrogens is 238 g/mol. The summed E-state index contributed by atoms with van der Waals surface area (Å²) in [7, 11) is 0. The molecule has 0 aliphatic heterocycles. The van der Waals surface area contributed by atoms with Crippen molar-refractivity contribution >= 4 is 0 Å². The second kappa shape index (κ2) is 6.96. The van der Waals surface area contributed by atoms with Crippen LogP contribution < -0.4 is 5.32 Å². The topological polar surface area (TPSA) is 47.0 Å². The lowest BCUT2D eigenvalue weighted by Gasteiger charge is -2.29. The van der Waals surface area contributed by atoms with E-state index in [1.807, 2.05) is 19.3 Å². The molecule has 0 aromatic carbocycles. The molecule has 0 saturated carbocycles. The van der Waals surface area contributed by atoms with E-state index in [0.717, 1.165) is 17.9 Å². The Kier molecular flexibility index (Phi) is 5.88. The molecule has 0 radical (unpaired) electrons. The highest BCUT2D eigenvalue weighted by Gasteiger charge is 2.29. The van der Waals surface area contributed by atoms with Gasteiger partial charge in [0, 0.05) is 37.2 Å². The Hall–Kier alpha value is -1.00. The molecule has 4 heteroatoms. The maximum absolute atomic E-state index is 5.79. The van der Waals surface area contributed by atoms with E-state index < -0.39 is 0 Å². The van der Waals surface area contributed by atoms with Crippen LogP contribution >= 0.6 is 0 Å². The van der Waals surface area contributed by atoms with Crippen molar-refractivity contribution in [3.63, 3.8) is 0 Å². The lowest BCUT2D eigenvalue weighted by molar-refractivity contribution is -0.0191. The number of rotatable bonds is 6. The van der Waals surface area contributed by atoms with Crippen molar-refractivity contribution in [1.82, 2.24) is 15.3 Å². The first kappa shape index (κ1) is 16.1. The normalized spacial score (nSPS) is 13.8. The number of ether oxygens (including phenoxy) is 1. The molecule has 1 atom stereocenters. The minimum atomic E-state index is -0.0652. The van der Waals surface area contributed by atoms with Gasteiger partial charge in [-0.25, -0.2) is 9.97 Å².